The highest BCUT2D eigenvalue weighted by atomic mass is 16.5. The molecule has 0 aromatic heterocycles. The van der Waals surface area contributed by atoms with Crippen LogP contribution in [0.3, 0.4) is 0 Å². The number of allylic oxidation sites excluding steroid dienone is 4. The molecule has 0 bridgehead atoms. The zero-order valence-electron chi connectivity index (χ0n) is 22.4. The van der Waals surface area contributed by atoms with Crippen LogP contribution in [0.25, 0.3) is 27.8 Å². The zero-order chi connectivity index (χ0) is 27.2. The quantitative estimate of drug-likeness (QED) is 0.172. The maximum atomic E-state index is 6.83. The molecule has 0 radical (unpaired) electrons. The van der Waals surface area contributed by atoms with E-state index in [-0.39, 0.29) is 6.71 Å². The average molecular weight is 514 g/mol. The van der Waals surface area contributed by atoms with Gasteiger partial charge in [0.1, 0.15) is 23.0 Å². The fourth-order valence-electron chi connectivity index (χ4n) is 5.93. The summed E-state index contributed by atoms with van der Waals surface area (Å²) < 4.78 is 13.4. The molecule has 0 saturated carbocycles. The highest BCUT2D eigenvalue weighted by Crippen LogP contribution is 2.41. The third kappa shape index (κ3) is 3.82. The second kappa shape index (κ2) is 9.62. The van der Waals surface area contributed by atoms with E-state index in [4.69, 9.17) is 9.47 Å². The lowest BCUT2D eigenvalue weighted by Gasteiger charge is -2.34. The van der Waals surface area contributed by atoms with E-state index in [1.54, 1.807) is 0 Å². The van der Waals surface area contributed by atoms with E-state index >= 15 is 0 Å². The molecule has 190 valence electrons. The summed E-state index contributed by atoms with van der Waals surface area (Å²) in [5.74, 6) is 3.41. The molecule has 0 unspecified atom stereocenters. The number of rotatable bonds is 5. The van der Waals surface area contributed by atoms with Gasteiger partial charge in [0.2, 0.25) is 0 Å². The summed E-state index contributed by atoms with van der Waals surface area (Å²) in [6, 6.07) is 38.1. The van der Waals surface area contributed by atoms with E-state index in [9.17, 15) is 0 Å². The summed E-state index contributed by atoms with van der Waals surface area (Å²) >= 11 is 0. The molecule has 0 fully saturated rings. The lowest BCUT2D eigenvalue weighted by molar-refractivity contribution is 0.465. The highest BCUT2D eigenvalue weighted by molar-refractivity contribution is 6.98. The lowest BCUT2D eigenvalue weighted by Crippen LogP contribution is -2.57. The summed E-state index contributed by atoms with van der Waals surface area (Å²) in [5, 5.41) is 0. The van der Waals surface area contributed by atoms with Crippen LogP contribution in [0.1, 0.15) is 12.5 Å². The normalized spacial score (nSPS) is 13.1. The van der Waals surface area contributed by atoms with Gasteiger partial charge in [0.05, 0.1) is 0 Å². The molecule has 2 nitrogen and oxygen atoms in total. The van der Waals surface area contributed by atoms with Crippen molar-refractivity contribution in [2.75, 3.05) is 0 Å². The molecule has 0 atom stereocenters. The van der Waals surface area contributed by atoms with Crippen molar-refractivity contribution in [1.82, 2.24) is 0 Å². The van der Waals surface area contributed by atoms with Crippen LogP contribution in [0.2, 0.25) is 0 Å². The van der Waals surface area contributed by atoms with Crippen LogP contribution in [-0.2, 0) is 0 Å². The van der Waals surface area contributed by atoms with Gasteiger partial charge in [0, 0.05) is 11.0 Å². The molecule has 5 aromatic rings. The Morgan fingerprint density at radius 1 is 0.625 bits per heavy atom. The first-order valence-corrected chi connectivity index (χ1v) is 13.5. The second-order valence-electron chi connectivity index (χ2n) is 10.2. The SMILES string of the molecule is C=C/C(C)=C(\C=C)c1ccc2c(c1)Oc1c(-c3ccccc3)ccc3c1B2c1cc(-c2ccccc2)ccc1O3. The summed E-state index contributed by atoms with van der Waals surface area (Å²) in [4.78, 5) is 0. The van der Waals surface area contributed by atoms with Gasteiger partial charge in [-0.1, -0.05) is 110 Å². The molecule has 5 aromatic carbocycles. The zero-order valence-corrected chi connectivity index (χ0v) is 22.4. The van der Waals surface area contributed by atoms with Gasteiger partial charge >= 0.3 is 0 Å². The van der Waals surface area contributed by atoms with Crippen molar-refractivity contribution in [2.24, 2.45) is 0 Å². The standard InChI is InChI=1S/C37H27BO2/c1-4-24(3)29(5-2)28-16-19-31-35(23-28)40-37-30(26-14-10-7-11-15-26)18-21-34-36(37)38(31)32-22-27(17-20-33(32)39-34)25-12-8-6-9-13-25/h4-23H,1-2H2,3H3/b29-24+. The summed E-state index contributed by atoms with van der Waals surface area (Å²) in [5.41, 5.74) is 11.0. The number of benzene rings is 5. The van der Waals surface area contributed by atoms with Crippen molar-refractivity contribution in [3.05, 3.63) is 146 Å². The van der Waals surface area contributed by atoms with Gasteiger partial charge in [-0.3, -0.25) is 0 Å². The highest BCUT2D eigenvalue weighted by Gasteiger charge is 2.41. The Bertz CT molecular complexity index is 1830. The molecule has 40 heavy (non-hydrogen) atoms. The van der Waals surface area contributed by atoms with Gasteiger partial charge in [-0.15, -0.1) is 0 Å². The summed E-state index contributed by atoms with van der Waals surface area (Å²) in [6.45, 7) is 10.1. The summed E-state index contributed by atoms with van der Waals surface area (Å²) in [6.07, 6.45) is 3.76. The smallest absolute Gasteiger partial charge is 0.260 e. The van der Waals surface area contributed by atoms with Crippen molar-refractivity contribution >= 4 is 28.7 Å². The van der Waals surface area contributed by atoms with Crippen LogP contribution in [0.15, 0.2) is 140 Å². The lowest BCUT2D eigenvalue weighted by atomic mass is 9.34. The number of hydrogen-bond acceptors (Lipinski definition) is 2. The molecule has 0 spiro atoms. The van der Waals surface area contributed by atoms with Crippen molar-refractivity contribution in [1.29, 1.82) is 0 Å². The van der Waals surface area contributed by atoms with E-state index in [2.05, 4.69) is 117 Å². The Morgan fingerprint density at radius 3 is 2.08 bits per heavy atom. The minimum Gasteiger partial charge on any atom is -0.458 e. The van der Waals surface area contributed by atoms with E-state index in [0.29, 0.717) is 0 Å². The Kier molecular flexibility index (Phi) is 5.79. The Morgan fingerprint density at radius 2 is 1.35 bits per heavy atom. The van der Waals surface area contributed by atoms with Crippen LogP contribution in [0.4, 0.5) is 0 Å². The average Bonchev–Trinajstić information content (AvgIpc) is 3.01. The minimum atomic E-state index is -0.0319. The molecular weight excluding hydrogens is 487 g/mol. The predicted molar refractivity (Wildman–Crippen MR) is 168 cm³/mol. The fourth-order valence-corrected chi connectivity index (χ4v) is 5.93. The number of fused-ring (bicyclic) bond motifs is 4. The molecule has 0 N–H and O–H groups in total. The van der Waals surface area contributed by atoms with Crippen LogP contribution in [0.5, 0.6) is 23.0 Å². The van der Waals surface area contributed by atoms with Crippen molar-refractivity contribution in [3.63, 3.8) is 0 Å². The van der Waals surface area contributed by atoms with Gasteiger partial charge < -0.3 is 9.47 Å². The third-order valence-electron chi connectivity index (χ3n) is 7.96. The van der Waals surface area contributed by atoms with Crippen molar-refractivity contribution in [3.8, 4) is 45.3 Å². The molecule has 2 aliphatic rings. The van der Waals surface area contributed by atoms with Crippen LogP contribution in [-0.4, -0.2) is 6.71 Å². The number of hydrogen-bond donors (Lipinski definition) is 0. The van der Waals surface area contributed by atoms with Gasteiger partial charge in [-0.2, -0.15) is 0 Å². The van der Waals surface area contributed by atoms with E-state index in [1.807, 2.05) is 24.3 Å². The summed E-state index contributed by atoms with van der Waals surface area (Å²) in [7, 11) is 0. The maximum Gasteiger partial charge on any atom is 0.260 e. The molecule has 2 heterocycles. The molecule has 3 heteroatoms. The molecular formula is C37H27BO2. The van der Waals surface area contributed by atoms with Crippen LogP contribution in [0, 0.1) is 0 Å². The second-order valence-corrected chi connectivity index (χ2v) is 10.2. The topological polar surface area (TPSA) is 18.5 Å². The van der Waals surface area contributed by atoms with Crippen LogP contribution >= 0.6 is 0 Å². The largest absolute Gasteiger partial charge is 0.458 e. The van der Waals surface area contributed by atoms with E-state index in [1.165, 1.54) is 5.56 Å². The Balaban J connectivity index is 1.48. The van der Waals surface area contributed by atoms with Crippen molar-refractivity contribution in [2.45, 2.75) is 6.92 Å². The molecule has 0 saturated heterocycles. The van der Waals surface area contributed by atoms with Crippen LogP contribution < -0.4 is 25.9 Å². The monoisotopic (exact) mass is 514 g/mol. The first kappa shape index (κ1) is 24.1. The van der Waals surface area contributed by atoms with E-state index < -0.39 is 0 Å². The molecule has 2 aliphatic heterocycles. The fraction of sp³-hybridized carbons (Fsp3) is 0.0270. The van der Waals surface area contributed by atoms with Gasteiger partial charge in [0.25, 0.3) is 6.71 Å². The maximum absolute atomic E-state index is 6.83. The van der Waals surface area contributed by atoms with Gasteiger partial charge in [-0.05, 0) is 75.5 Å². The van der Waals surface area contributed by atoms with E-state index in [0.717, 1.165) is 72.8 Å². The first-order valence-electron chi connectivity index (χ1n) is 13.5. The first-order chi connectivity index (χ1) is 19.7. The minimum absolute atomic E-state index is 0.0319. The molecule has 0 aliphatic carbocycles. The number of ether oxygens (including phenoxy) is 2. The van der Waals surface area contributed by atoms with Gasteiger partial charge in [-0.25, -0.2) is 0 Å². The molecule has 0 amide bonds. The van der Waals surface area contributed by atoms with Crippen molar-refractivity contribution < 1.29 is 9.47 Å². The third-order valence-corrected chi connectivity index (χ3v) is 7.96. The predicted octanol–water partition coefficient (Wildman–Crippen LogP) is 7.89. The Labute approximate surface area is 235 Å². The van der Waals surface area contributed by atoms with Gasteiger partial charge in [0.15, 0.2) is 0 Å². The molecule has 7 rings (SSSR count). The Hall–Kier alpha value is -5.02.